The average molecular weight is 455 g/mol. The molecule has 0 amide bonds. The zero-order valence-electron chi connectivity index (χ0n) is 17.8. The number of hydrogen-bond acceptors (Lipinski definition) is 7. The first-order valence-electron chi connectivity index (χ1n) is 10.7. The second-order valence-corrected chi connectivity index (χ2v) is 10.8. The number of nitrogens with zero attached hydrogens (tertiary/aromatic N) is 4. The van der Waals surface area contributed by atoms with Crippen LogP contribution >= 0.6 is 10.8 Å². The van der Waals surface area contributed by atoms with Crippen LogP contribution in [0.4, 0.5) is 11.5 Å². The van der Waals surface area contributed by atoms with Crippen LogP contribution in [0.1, 0.15) is 44.1 Å². The zero-order chi connectivity index (χ0) is 22.5. The number of fused-ring (bicyclic) bond motifs is 2. The third-order valence-corrected chi connectivity index (χ3v) is 8.68. The van der Waals surface area contributed by atoms with E-state index in [0.29, 0.717) is 40.3 Å². The highest BCUT2D eigenvalue weighted by Crippen LogP contribution is 2.58. The van der Waals surface area contributed by atoms with Crippen LogP contribution in [0.3, 0.4) is 0 Å². The van der Waals surface area contributed by atoms with Crippen LogP contribution in [0, 0.1) is 11.3 Å². The van der Waals surface area contributed by atoms with Gasteiger partial charge in [0.15, 0.2) is 5.82 Å². The second-order valence-electron chi connectivity index (χ2n) is 8.70. The predicted octanol–water partition coefficient (Wildman–Crippen LogP) is 4.51. The van der Waals surface area contributed by atoms with Gasteiger partial charge in [-0.2, -0.15) is 10.4 Å². The summed E-state index contributed by atoms with van der Waals surface area (Å²) in [5.74, 6) is 0.433. The third-order valence-electron chi connectivity index (χ3n) is 6.69. The molecule has 3 aromatic rings. The number of pyridine rings is 1. The van der Waals surface area contributed by atoms with Crippen LogP contribution in [0.15, 0.2) is 40.2 Å². The van der Waals surface area contributed by atoms with Gasteiger partial charge in [0.25, 0.3) is 5.56 Å². The van der Waals surface area contributed by atoms with Crippen molar-refractivity contribution in [1.82, 2.24) is 19.1 Å². The van der Waals surface area contributed by atoms with E-state index in [0.717, 1.165) is 37.7 Å². The van der Waals surface area contributed by atoms with E-state index in [9.17, 15) is 19.2 Å². The number of benzene rings is 1. The molecule has 32 heavy (non-hydrogen) atoms. The van der Waals surface area contributed by atoms with Gasteiger partial charge in [-0.3, -0.25) is 18.6 Å². The Hall–Kier alpha value is -2.84. The summed E-state index contributed by atoms with van der Waals surface area (Å²) in [7, 11) is -1.26. The molecule has 0 radical (unpaired) electrons. The fraction of sp³-hybridized carbons (Fsp3) is 0.409. The summed E-state index contributed by atoms with van der Waals surface area (Å²) >= 11 is 0. The summed E-state index contributed by atoms with van der Waals surface area (Å²) in [5.41, 5.74) is 1.58. The van der Waals surface area contributed by atoms with Gasteiger partial charge in [-0.05, 0) is 42.7 Å². The van der Waals surface area contributed by atoms with E-state index in [2.05, 4.69) is 16.4 Å². The second kappa shape index (κ2) is 7.64. The quantitative estimate of drug-likeness (QED) is 0.456. The van der Waals surface area contributed by atoms with Gasteiger partial charge in [0, 0.05) is 25.5 Å². The van der Waals surface area contributed by atoms with Crippen LogP contribution in [-0.2, 0) is 12.1 Å². The molecule has 4 N–H and O–H groups in total. The van der Waals surface area contributed by atoms with Crippen molar-refractivity contribution in [2.45, 2.75) is 55.5 Å². The van der Waals surface area contributed by atoms with Crippen molar-refractivity contribution in [1.29, 1.82) is 5.26 Å². The number of nitriles is 1. The maximum absolute atomic E-state index is 12.8. The molecular weight excluding hydrogens is 428 g/mol. The molecule has 2 aromatic heterocycles. The molecule has 0 unspecified atom stereocenters. The van der Waals surface area contributed by atoms with E-state index in [1.807, 2.05) is 16.8 Å². The van der Waals surface area contributed by atoms with E-state index < -0.39 is 16.3 Å². The monoisotopic (exact) mass is 454 g/mol. The topological polar surface area (TPSA) is 130 Å². The van der Waals surface area contributed by atoms with Gasteiger partial charge in [-0.25, -0.2) is 4.31 Å². The van der Waals surface area contributed by atoms with Crippen molar-refractivity contribution >= 4 is 33.2 Å². The Balaban J connectivity index is 1.60. The highest BCUT2D eigenvalue weighted by molar-refractivity contribution is 8.22. The van der Waals surface area contributed by atoms with Crippen molar-refractivity contribution in [3.05, 3.63) is 46.4 Å². The minimum atomic E-state index is -2.94. The molecule has 3 heterocycles. The SMILES string of the molecule is CN1Cc2cc(Nc3nn(C4(CC#N)CCCCC4)c4cc[nH]c(=O)c34)ccc2S1(O)O. The van der Waals surface area contributed by atoms with Gasteiger partial charge in [-0.15, -0.1) is 10.8 Å². The van der Waals surface area contributed by atoms with Crippen molar-refractivity contribution in [2.75, 3.05) is 12.4 Å². The van der Waals surface area contributed by atoms with Crippen LogP contribution < -0.4 is 10.9 Å². The fourth-order valence-corrected chi connectivity index (χ4v) is 6.41. The number of hydrogen-bond donors (Lipinski definition) is 4. The van der Waals surface area contributed by atoms with Gasteiger partial charge >= 0.3 is 0 Å². The average Bonchev–Trinajstić information content (AvgIpc) is 3.25. The Bertz CT molecular complexity index is 1290. The zero-order valence-corrected chi connectivity index (χ0v) is 18.7. The molecule has 168 valence electrons. The molecular formula is C22H26N6O3S. The number of anilines is 2. The Morgan fingerprint density at radius 2 is 2.06 bits per heavy atom. The third kappa shape index (κ3) is 3.20. The van der Waals surface area contributed by atoms with E-state index in [1.165, 1.54) is 4.31 Å². The maximum atomic E-state index is 12.8. The first kappa shape index (κ1) is 21.0. The lowest BCUT2D eigenvalue weighted by atomic mass is 9.79. The molecule has 0 saturated heterocycles. The lowest BCUT2D eigenvalue weighted by molar-refractivity contribution is 0.185. The fourth-order valence-electron chi connectivity index (χ4n) is 5.03. The van der Waals surface area contributed by atoms with Crippen LogP contribution in [0.5, 0.6) is 0 Å². The molecule has 10 heteroatoms. The van der Waals surface area contributed by atoms with Gasteiger partial charge in [0.1, 0.15) is 5.39 Å². The molecule has 9 nitrogen and oxygen atoms in total. The molecule has 1 aromatic carbocycles. The van der Waals surface area contributed by atoms with E-state index >= 15 is 0 Å². The summed E-state index contributed by atoms with van der Waals surface area (Å²) in [6.07, 6.45) is 6.87. The molecule has 5 rings (SSSR count). The number of aromatic nitrogens is 3. The Kier molecular flexibility index (Phi) is 5.02. The highest BCUT2D eigenvalue weighted by Gasteiger charge is 2.37. The first-order chi connectivity index (χ1) is 15.4. The molecule has 0 bridgehead atoms. The van der Waals surface area contributed by atoms with Crippen molar-refractivity contribution in [3.8, 4) is 6.07 Å². The van der Waals surface area contributed by atoms with Gasteiger partial charge in [0.05, 0.1) is 28.4 Å². The Labute approximate surface area is 187 Å². The summed E-state index contributed by atoms with van der Waals surface area (Å²) < 4.78 is 24.1. The molecule has 1 saturated carbocycles. The Morgan fingerprint density at radius 1 is 1.28 bits per heavy atom. The summed E-state index contributed by atoms with van der Waals surface area (Å²) in [5, 5.41) is 18.1. The molecule has 0 spiro atoms. The van der Waals surface area contributed by atoms with Crippen molar-refractivity contribution in [3.63, 3.8) is 0 Å². The molecule has 2 aliphatic rings. The van der Waals surface area contributed by atoms with Crippen molar-refractivity contribution in [2.24, 2.45) is 0 Å². The molecule has 1 aliphatic carbocycles. The number of aromatic amines is 1. The lowest BCUT2D eigenvalue weighted by Crippen LogP contribution is -2.36. The largest absolute Gasteiger partial charge is 0.338 e. The number of nitrogens with one attached hydrogen (secondary N) is 2. The van der Waals surface area contributed by atoms with Crippen LogP contribution in [-0.4, -0.2) is 35.2 Å². The van der Waals surface area contributed by atoms with E-state index in [-0.39, 0.29) is 5.56 Å². The predicted molar refractivity (Wildman–Crippen MR) is 124 cm³/mol. The summed E-state index contributed by atoms with van der Waals surface area (Å²) in [4.78, 5) is 16.0. The summed E-state index contributed by atoms with van der Waals surface area (Å²) in [6.45, 7) is 0.425. The van der Waals surface area contributed by atoms with Crippen LogP contribution in [0.2, 0.25) is 0 Å². The standard InChI is InChI=1S/C22H26N6O3S/c1-27-14-15-13-16(5-6-18(15)32(27,30)31)25-20-19-17(7-12-24-21(19)29)28(26-20)22(10-11-23)8-3-2-4-9-22/h5-7,12-13,30-31H,2-4,8-10,14H2,1H3,(H,24,29)(H,25,26). The minimum absolute atomic E-state index is 0.241. The molecule has 1 aliphatic heterocycles. The minimum Gasteiger partial charge on any atom is -0.338 e. The Morgan fingerprint density at radius 3 is 2.81 bits per heavy atom. The molecule has 0 atom stereocenters. The lowest BCUT2D eigenvalue weighted by Gasteiger charge is -2.36. The van der Waals surface area contributed by atoms with Crippen LogP contribution in [0.25, 0.3) is 10.9 Å². The van der Waals surface area contributed by atoms with E-state index in [1.54, 1.807) is 25.4 Å². The molecule has 1 fully saturated rings. The van der Waals surface area contributed by atoms with Crippen molar-refractivity contribution < 1.29 is 9.11 Å². The number of H-pyrrole nitrogens is 1. The maximum Gasteiger partial charge on any atom is 0.261 e. The first-order valence-corrected chi connectivity index (χ1v) is 12.2. The number of rotatable bonds is 4. The smallest absolute Gasteiger partial charge is 0.261 e. The normalized spacial score (nSPS) is 20.6. The van der Waals surface area contributed by atoms with Gasteiger partial charge in [-0.1, -0.05) is 19.3 Å². The van der Waals surface area contributed by atoms with E-state index in [4.69, 9.17) is 5.10 Å². The summed E-state index contributed by atoms with van der Waals surface area (Å²) in [6, 6.07) is 9.51. The van der Waals surface area contributed by atoms with Gasteiger partial charge in [0.2, 0.25) is 0 Å². The highest BCUT2D eigenvalue weighted by atomic mass is 32.3. The van der Waals surface area contributed by atoms with Gasteiger partial charge < -0.3 is 10.3 Å².